The first-order valence-electron chi connectivity index (χ1n) is 9.38. The molecule has 28 heavy (non-hydrogen) atoms. The van der Waals surface area contributed by atoms with Gasteiger partial charge in [0.1, 0.15) is 5.75 Å². The third-order valence-corrected chi connectivity index (χ3v) is 6.91. The number of benzene rings is 1. The first-order valence-corrected chi connectivity index (χ1v) is 11.5. The van der Waals surface area contributed by atoms with Crippen molar-refractivity contribution < 1.29 is 8.95 Å². The molecule has 3 heterocycles. The van der Waals surface area contributed by atoms with Crippen molar-refractivity contribution in [3.63, 3.8) is 0 Å². The average Bonchev–Trinajstić information content (AvgIpc) is 3.14. The zero-order chi connectivity index (χ0) is 19.7. The average molecular weight is 463 g/mol. The van der Waals surface area contributed by atoms with Crippen LogP contribution in [-0.2, 0) is 16.6 Å². The Morgan fingerprint density at radius 2 is 2.07 bits per heavy atom. The number of halogens is 1. The molecule has 1 aliphatic heterocycles. The minimum absolute atomic E-state index is 0.330. The fraction of sp³-hybridized carbons (Fsp3) is 0.400. The first kappa shape index (κ1) is 19.4. The Kier molecular flexibility index (Phi) is 5.68. The van der Waals surface area contributed by atoms with E-state index in [2.05, 4.69) is 42.7 Å². The topological polar surface area (TPSA) is 71.1 Å². The summed E-state index contributed by atoms with van der Waals surface area (Å²) in [5.41, 5.74) is 4.70. The minimum Gasteiger partial charge on any atom is -0.497 e. The molecule has 3 aromatic rings. The lowest BCUT2D eigenvalue weighted by molar-refractivity contribution is 0.415. The van der Waals surface area contributed by atoms with Crippen LogP contribution in [0.4, 0.5) is 5.69 Å². The van der Waals surface area contributed by atoms with Crippen molar-refractivity contribution in [1.82, 2.24) is 15.0 Å². The highest BCUT2D eigenvalue weighted by molar-refractivity contribution is 9.10. The number of imidazole rings is 1. The van der Waals surface area contributed by atoms with E-state index in [0.29, 0.717) is 10.9 Å². The molecule has 1 aromatic carbocycles. The molecule has 0 radical (unpaired) electrons. The van der Waals surface area contributed by atoms with Gasteiger partial charge in [0, 0.05) is 25.4 Å². The van der Waals surface area contributed by atoms with E-state index >= 15 is 0 Å². The highest BCUT2D eigenvalue weighted by Gasteiger charge is 2.20. The van der Waals surface area contributed by atoms with Gasteiger partial charge in [0.05, 0.1) is 50.5 Å². The van der Waals surface area contributed by atoms with Gasteiger partial charge < -0.3 is 14.6 Å². The van der Waals surface area contributed by atoms with Crippen LogP contribution in [0.2, 0.25) is 0 Å². The summed E-state index contributed by atoms with van der Waals surface area (Å²) in [4.78, 5) is 14.6. The highest BCUT2D eigenvalue weighted by Crippen LogP contribution is 2.33. The maximum Gasteiger partial charge on any atom is 0.197 e. The molecule has 1 fully saturated rings. The highest BCUT2D eigenvalue weighted by atomic mass is 79.9. The number of anilines is 1. The van der Waals surface area contributed by atoms with Gasteiger partial charge in [-0.15, -0.1) is 0 Å². The Morgan fingerprint density at radius 3 is 2.82 bits per heavy atom. The first-order chi connectivity index (χ1) is 13.6. The van der Waals surface area contributed by atoms with E-state index in [0.717, 1.165) is 45.6 Å². The van der Waals surface area contributed by atoms with Crippen LogP contribution in [-0.4, -0.2) is 39.4 Å². The van der Waals surface area contributed by atoms with E-state index in [1.54, 1.807) is 7.11 Å². The number of H-pyrrole nitrogens is 1. The smallest absolute Gasteiger partial charge is 0.197 e. The van der Waals surface area contributed by atoms with Crippen molar-refractivity contribution in [2.24, 2.45) is 0 Å². The van der Waals surface area contributed by atoms with E-state index < -0.39 is 10.8 Å². The summed E-state index contributed by atoms with van der Waals surface area (Å²) in [5, 5.41) is 0.465. The SMILES string of the molecule is COc1ccc2nc(S(=O)Cc3ncc(Br)c(N4CCCCC4)c3C)[nH]c2c1. The van der Waals surface area contributed by atoms with E-state index in [9.17, 15) is 4.21 Å². The molecule has 148 valence electrons. The summed E-state index contributed by atoms with van der Waals surface area (Å²) in [7, 11) is 0.314. The molecule has 1 N–H and O–H groups in total. The van der Waals surface area contributed by atoms with Gasteiger partial charge in [-0.25, -0.2) is 4.98 Å². The molecule has 0 bridgehead atoms. The zero-order valence-corrected chi connectivity index (χ0v) is 18.4. The summed E-state index contributed by atoms with van der Waals surface area (Å²) in [5.74, 6) is 1.07. The molecule has 1 atom stereocenters. The van der Waals surface area contributed by atoms with Gasteiger partial charge in [-0.1, -0.05) is 0 Å². The summed E-state index contributed by atoms with van der Waals surface area (Å²) >= 11 is 3.65. The number of hydrogen-bond donors (Lipinski definition) is 1. The van der Waals surface area contributed by atoms with Crippen LogP contribution in [0.5, 0.6) is 5.75 Å². The number of aromatic amines is 1. The number of aromatic nitrogens is 3. The third-order valence-electron chi connectivity index (χ3n) is 5.17. The lowest BCUT2D eigenvalue weighted by Gasteiger charge is -2.31. The molecule has 0 aliphatic carbocycles. The summed E-state index contributed by atoms with van der Waals surface area (Å²) < 4.78 is 19.2. The van der Waals surface area contributed by atoms with Gasteiger partial charge in [0.2, 0.25) is 0 Å². The fourth-order valence-electron chi connectivity index (χ4n) is 3.65. The van der Waals surface area contributed by atoms with Crippen molar-refractivity contribution in [1.29, 1.82) is 0 Å². The van der Waals surface area contributed by atoms with Crippen LogP contribution in [0.3, 0.4) is 0 Å². The van der Waals surface area contributed by atoms with Gasteiger partial charge in [-0.3, -0.25) is 9.19 Å². The normalized spacial score (nSPS) is 15.8. The molecule has 2 aromatic heterocycles. The molecule has 0 amide bonds. The molecule has 1 saturated heterocycles. The number of piperidine rings is 1. The molecule has 6 nitrogen and oxygen atoms in total. The van der Waals surface area contributed by atoms with Crippen LogP contribution in [0.25, 0.3) is 11.0 Å². The van der Waals surface area contributed by atoms with Crippen molar-refractivity contribution in [3.05, 3.63) is 40.1 Å². The Bertz CT molecular complexity index is 1030. The van der Waals surface area contributed by atoms with E-state index in [4.69, 9.17) is 4.74 Å². The van der Waals surface area contributed by atoms with E-state index in [-0.39, 0.29) is 0 Å². The van der Waals surface area contributed by atoms with Gasteiger partial charge in [-0.05, 0) is 59.8 Å². The molecule has 4 rings (SSSR count). The van der Waals surface area contributed by atoms with Crippen LogP contribution in [0, 0.1) is 6.92 Å². The second-order valence-corrected chi connectivity index (χ2v) is 9.21. The van der Waals surface area contributed by atoms with Gasteiger partial charge in [0.15, 0.2) is 5.16 Å². The van der Waals surface area contributed by atoms with Gasteiger partial charge in [-0.2, -0.15) is 0 Å². The second-order valence-electron chi connectivity index (χ2n) is 6.99. The van der Waals surface area contributed by atoms with Gasteiger partial charge >= 0.3 is 0 Å². The minimum atomic E-state index is -1.31. The Balaban J connectivity index is 1.61. The maximum atomic E-state index is 13.0. The summed E-state index contributed by atoms with van der Waals surface area (Å²) in [6, 6.07) is 5.57. The van der Waals surface area contributed by atoms with E-state index in [1.807, 2.05) is 24.4 Å². The quantitative estimate of drug-likeness (QED) is 0.610. The van der Waals surface area contributed by atoms with Crippen LogP contribution < -0.4 is 9.64 Å². The third kappa shape index (κ3) is 3.80. The van der Waals surface area contributed by atoms with Crippen molar-refractivity contribution in [2.75, 3.05) is 25.1 Å². The standard InChI is InChI=1S/C20H23BrN4O2S/c1-13-18(22-11-15(21)19(13)25-8-4-3-5-9-25)12-28(26)20-23-16-7-6-14(27-2)10-17(16)24-20/h6-7,10-11H,3-5,8-9,12H2,1-2H3,(H,23,24). The molecular formula is C20H23BrN4O2S. The molecule has 1 aliphatic rings. The predicted octanol–water partition coefficient (Wildman–Crippen LogP) is 4.34. The summed E-state index contributed by atoms with van der Waals surface area (Å²) in [6.07, 6.45) is 5.52. The molecule has 8 heteroatoms. The number of nitrogens with one attached hydrogen (secondary N) is 1. The van der Waals surface area contributed by atoms with Crippen LogP contribution in [0.1, 0.15) is 30.5 Å². The van der Waals surface area contributed by atoms with Gasteiger partial charge in [0.25, 0.3) is 0 Å². The van der Waals surface area contributed by atoms with Crippen molar-refractivity contribution in [3.8, 4) is 5.75 Å². The molecule has 0 saturated carbocycles. The number of rotatable bonds is 5. The molecule has 0 spiro atoms. The second kappa shape index (κ2) is 8.21. The number of nitrogens with zero attached hydrogens (tertiary/aromatic N) is 3. The summed E-state index contributed by atoms with van der Waals surface area (Å²) in [6.45, 7) is 4.17. The van der Waals surface area contributed by atoms with Crippen molar-refractivity contribution in [2.45, 2.75) is 37.1 Å². The lowest BCUT2D eigenvalue weighted by atomic mass is 10.1. The van der Waals surface area contributed by atoms with Crippen molar-refractivity contribution >= 4 is 43.5 Å². The maximum absolute atomic E-state index is 13.0. The molecule has 1 unspecified atom stereocenters. The Morgan fingerprint density at radius 1 is 1.29 bits per heavy atom. The van der Waals surface area contributed by atoms with Crippen LogP contribution >= 0.6 is 15.9 Å². The van der Waals surface area contributed by atoms with E-state index in [1.165, 1.54) is 24.9 Å². The van der Waals surface area contributed by atoms with Crippen LogP contribution in [0.15, 0.2) is 34.0 Å². The zero-order valence-electron chi connectivity index (χ0n) is 16.0. The molecular weight excluding hydrogens is 440 g/mol. The Labute approximate surface area is 175 Å². The number of methoxy groups -OCH3 is 1. The largest absolute Gasteiger partial charge is 0.497 e. The number of hydrogen-bond acceptors (Lipinski definition) is 5. The fourth-order valence-corrected chi connectivity index (χ4v) is 5.40. The Hall–Kier alpha value is -1.93. The monoisotopic (exact) mass is 462 g/mol. The number of pyridine rings is 1. The number of ether oxygens (including phenoxy) is 1. The predicted molar refractivity (Wildman–Crippen MR) is 115 cm³/mol. The lowest BCUT2D eigenvalue weighted by Crippen LogP contribution is -2.30. The number of fused-ring (bicyclic) bond motifs is 1.